The van der Waals surface area contributed by atoms with Gasteiger partial charge in [0.1, 0.15) is 0 Å². The Morgan fingerprint density at radius 2 is 1.97 bits per heavy atom. The van der Waals surface area contributed by atoms with Gasteiger partial charge in [-0.2, -0.15) is 0 Å². The Bertz CT molecular complexity index is 1020. The summed E-state index contributed by atoms with van der Waals surface area (Å²) in [6.45, 7) is -0.508. The van der Waals surface area contributed by atoms with E-state index in [0.717, 1.165) is 16.7 Å². The quantitative estimate of drug-likeness (QED) is 0.417. The van der Waals surface area contributed by atoms with Crippen molar-refractivity contribution in [2.75, 3.05) is 18.6 Å². The molecular formula is C19H13ClINO6S. The van der Waals surface area contributed by atoms with Crippen LogP contribution in [0.25, 0.3) is 6.08 Å². The number of carbonyl (C=O) groups is 3. The molecule has 1 saturated heterocycles. The van der Waals surface area contributed by atoms with E-state index in [0.29, 0.717) is 31.3 Å². The number of carboxylic acid groups (broad SMARTS) is 1. The Balaban J connectivity index is 1.90. The van der Waals surface area contributed by atoms with Crippen molar-refractivity contribution in [3.63, 3.8) is 0 Å². The highest BCUT2D eigenvalue weighted by molar-refractivity contribution is 14.1. The number of carbonyl (C=O) groups excluding carboxylic acids is 2. The number of imide groups is 1. The van der Waals surface area contributed by atoms with Crippen molar-refractivity contribution in [1.82, 2.24) is 0 Å². The highest BCUT2D eigenvalue weighted by Gasteiger charge is 2.36. The van der Waals surface area contributed by atoms with Crippen molar-refractivity contribution < 1.29 is 29.0 Å². The summed E-state index contributed by atoms with van der Waals surface area (Å²) in [5.74, 6) is -0.937. The molecule has 3 rings (SSSR count). The molecule has 10 heteroatoms. The van der Waals surface area contributed by atoms with Crippen LogP contribution in [0.3, 0.4) is 0 Å². The molecule has 0 radical (unpaired) electrons. The van der Waals surface area contributed by atoms with Crippen molar-refractivity contribution in [3.05, 3.63) is 55.5 Å². The molecule has 1 fully saturated rings. The first kappa shape index (κ1) is 21.5. The molecule has 29 heavy (non-hydrogen) atoms. The number of hydrogen-bond donors (Lipinski definition) is 1. The van der Waals surface area contributed by atoms with Crippen LogP contribution in [0.1, 0.15) is 5.56 Å². The van der Waals surface area contributed by atoms with Gasteiger partial charge in [0.05, 0.1) is 21.3 Å². The summed E-state index contributed by atoms with van der Waals surface area (Å²) in [6, 6.07) is 9.72. The average Bonchev–Trinajstić information content (AvgIpc) is 2.94. The molecule has 0 bridgehead atoms. The maximum Gasteiger partial charge on any atom is 0.341 e. The lowest BCUT2D eigenvalue weighted by molar-refractivity contribution is -0.139. The van der Waals surface area contributed by atoms with Gasteiger partial charge in [-0.3, -0.25) is 9.59 Å². The second-order valence-electron chi connectivity index (χ2n) is 5.71. The number of anilines is 1. The zero-order valence-corrected chi connectivity index (χ0v) is 18.6. The molecule has 0 aliphatic carbocycles. The van der Waals surface area contributed by atoms with Crippen molar-refractivity contribution in [2.24, 2.45) is 0 Å². The van der Waals surface area contributed by atoms with E-state index in [4.69, 9.17) is 26.2 Å². The summed E-state index contributed by atoms with van der Waals surface area (Å²) in [7, 11) is 1.43. The van der Waals surface area contributed by atoms with Gasteiger partial charge in [0.25, 0.3) is 11.1 Å². The third-order valence-corrected chi connectivity index (χ3v) is 5.69. The molecule has 1 heterocycles. The first-order valence-electron chi connectivity index (χ1n) is 8.06. The van der Waals surface area contributed by atoms with Crippen molar-refractivity contribution >= 4 is 74.8 Å². The van der Waals surface area contributed by atoms with Crippen LogP contribution in [0.4, 0.5) is 10.5 Å². The molecule has 2 aromatic carbocycles. The van der Waals surface area contributed by atoms with Crippen molar-refractivity contribution in [1.29, 1.82) is 0 Å². The summed E-state index contributed by atoms with van der Waals surface area (Å²) < 4.78 is 11.2. The number of halogens is 2. The number of ether oxygens (including phenoxy) is 2. The van der Waals surface area contributed by atoms with Crippen LogP contribution in [0.5, 0.6) is 11.5 Å². The number of hydrogen-bond acceptors (Lipinski definition) is 6. The van der Waals surface area contributed by atoms with Gasteiger partial charge in [-0.1, -0.05) is 11.6 Å². The van der Waals surface area contributed by atoms with Gasteiger partial charge >= 0.3 is 5.97 Å². The van der Waals surface area contributed by atoms with Gasteiger partial charge in [0.15, 0.2) is 18.1 Å². The maximum absolute atomic E-state index is 12.7. The molecule has 2 amide bonds. The van der Waals surface area contributed by atoms with E-state index in [1.54, 1.807) is 42.5 Å². The first-order valence-corrected chi connectivity index (χ1v) is 10.3. The fourth-order valence-corrected chi connectivity index (χ4v) is 4.28. The van der Waals surface area contributed by atoms with Crippen LogP contribution in [0, 0.1) is 3.57 Å². The minimum absolute atomic E-state index is 0.252. The largest absolute Gasteiger partial charge is 0.493 e. The molecule has 150 valence electrons. The SMILES string of the molecule is COc1cc(/C=C2/SC(=O)N(c3ccc(Cl)cc3)C2=O)cc(I)c1OCC(=O)O. The molecule has 0 unspecified atom stereocenters. The van der Waals surface area contributed by atoms with Crippen LogP contribution in [0.15, 0.2) is 41.3 Å². The van der Waals surface area contributed by atoms with Crippen LogP contribution in [0.2, 0.25) is 5.02 Å². The Kier molecular flexibility index (Phi) is 6.70. The standard InChI is InChI=1S/C19H13ClINO6S/c1-27-14-7-10(6-13(21)17(14)28-9-16(23)24)8-15-18(25)22(19(26)29-15)12-4-2-11(20)3-5-12/h2-8H,9H2,1H3,(H,23,24)/b15-8+. The Morgan fingerprint density at radius 1 is 1.28 bits per heavy atom. The molecule has 0 spiro atoms. The molecule has 0 aromatic heterocycles. The molecule has 7 nitrogen and oxygen atoms in total. The van der Waals surface area contributed by atoms with Crippen LogP contribution >= 0.6 is 46.0 Å². The number of carboxylic acids is 1. The predicted octanol–water partition coefficient (Wildman–Crippen LogP) is 4.66. The van der Waals surface area contributed by atoms with Crippen LogP contribution < -0.4 is 14.4 Å². The molecule has 0 atom stereocenters. The van der Waals surface area contributed by atoms with E-state index < -0.39 is 23.7 Å². The summed E-state index contributed by atoms with van der Waals surface area (Å²) in [6.07, 6.45) is 1.58. The number of thioether (sulfide) groups is 1. The van der Waals surface area contributed by atoms with Gasteiger partial charge < -0.3 is 14.6 Å². The molecule has 1 N–H and O–H groups in total. The molecule has 1 aliphatic heterocycles. The van der Waals surface area contributed by atoms with E-state index in [1.807, 2.05) is 22.6 Å². The Morgan fingerprint density at radius 3 is 2.59 bits per heavy atom. The highest BCUT2D eigenvalue weighted by Crippen LogP contribution is 2.38. The smallest absolute Gasteiger partial charge is 0.341 e. The van der Waals surface area contributed by atoms with Gasteiger partial charge in [-0.15, -0.1) is 0 Å². The fraction of sp³-hybridized carbons (Fsp3) is 0.105. The molecule has 1 aliphatic rings. The van der Waals surface area contributed by atoms with E-state index in [9.17, 15) is 14.4 Å². The third kappa shape index (κ3) is 4.85. The third-order valence-electron chi connectivity index (χ3n) is 3.77. The Labute approximate surface area is 188 Å². The molecule has 2 aromatic rings. The lowest BCUT2D eigenvalue weighted by atomic mass is 10.1. The Hall–Kier alpha value is -2.24. The van der Waals surface area contributed by atoms with Gasteiger partial charge in [-0.25, -0.2) is 9.69 Å². The minimum atomic E-state index is -1.11. The van der Waals surface area contributed by atoms with Crippen LogP contribution in [-0.2, 0) is 9.59 Å². The van der Waals surface area contributed by atoms with Gasteiger partial charge in [0.2, 0.25) is 0 Å². The van der Waals surface area contributed by atoms with Crippen LogP contribution in [-0.4, -0.2) is 35.9 Å². The number of rotatable bonds is 6. The summed E-state index contributed by atoms with van der Waals surface area (Å²) in [4.78, 5) is 37.2. The monoisotopic (exact) mass is 545 g/mol. The number of methoxy groups -OCH3 is 1. The zero-order valence-electron chi connectivity index (χ0n) is 14.8. The normalized spacial score (nSPS) is 15.1. The lowest BCUT2D eigenvalue weighted by Crippen LogP contribution is -2.27. The summed E-state index contributed by atoms with van der Waals surface area (Å²) in [5, 5.41) is 8.89. The molecular weight excluding hydrogens is 533 g/mol. The van der Waals surface area contributed by atoms with E-state index in [-0.39, 0.29) is 4.91 Å². The highest BCUT2D eigenvalue weighted by atomic mass is 127. The maximum atomic E-state index is 12.7. The van der Waals surface area contributed by atoms with E-state index in [2.05, 4.69) is 0 Å². The second kappa shape index (κ2) is 9.06. The minimum Gasteiger partial charge on any atom is -0.493 e. The lowest BCUT2D eigenvalue weighted by Gasteiger charge is -2.13. The number of aliphatic carboxylic acids is 1. The number of amides is 2. The predicted molar refractivity (Wildman–Crippen MR) is 119 cm³/mol. The van der Waals surface area contributed by atoms with Crippen molar-refractivity contribution in [3.8, 4) is 11.5 Å². The fourth-order valence-electron chi connectivity index (χ4n) is 2.53. The average molecular weight is 546 g/mol. The van der Waals surface area contributed by atoms with Crippen molar-refractivity contribution in [2.45, 2.75) is 0 Å². The second-order valence-corrected chi connectivity index (χ2v) is 8.30. The first-order chi connectivity index (χ1) is 13.8. The summed E-state index contributed by atoms with van der Waals surface area (Å²) in [5.41, 5.74) is 1.04. The topological polar surface area (TPSA) is 93.1 Å². The van der Waals surface area contributed by atoms with E-state index >= 15 is 0 Å². The summed E-state index contributed by atoms with van der Waals surface area (Å²) >= 11 is 8.67. The van der Waals surface area contributed by atoms with Gasteiger partial charge in [-0.05, 0) is 82.4 Å². The number of benzene rings is 2. The number of nitrogens with zero attached hydrogens (tertiary/aromatic N) is 1. The zero-order chi connectivity index (χ0) is 21.1. The van der Waals surface area contributed by atoms with Gasteiger partial charge in [0, 0.05) is 5.02 Å². The van der Waals surface area contributed by atoms with E-state index in [1.165, 1.54) is 7.11 Å². The molecule has 0 saturated carbocycles.